The van der Waals surface area contributed by atoms with Gasteiger partial charge in [0.2, 0.25) is 0 Å². The van der Waals surface area contributed by atoms with Gasteiger partial charge in [-0.1, -0.05) is 33.1 Å². The monoisotopic (exact) mass is 350 g/mol. The van der Waals surface area contributed by atoms with E-state index in [1.165, 1.54) is 0 Å². The molecule has 0 aromatic carbocycles. The van der Waals surface area contributed by atoms with Crippen molar-refractivity contribution in [2.75, 3.05) is 13.2 Å². The lowest BCUT2D eigenvalue weighted by molar-refractivity contribution is -0.247. The first-order chi connectivity index (χ1) is 11.3. The van der Waals surface area contributed by atoms with Crippen molar-refractivity contribution in [1.29, 1.82) is 0 Å². The molecular weight excluding hydrogens is 326 g/mol. The average Bonchev–Trinajstić information content (AvgIpc) is 2.57. The Morgan fingerprint density at radius 2 is 1.67 bits per heavy atom. The van der Waals surface area contributed by atoms with E-state index in [1.807, 2.05) is 0 Å². The number of carbonyl (C=O) groups excluding carboxylic acids is 3. The minimum Gasteiger partial charge on any atom is -0.462 e. The maximum absolute atomic E-state index is 13.6. The molecule has 1 rings (SSSR count). The van der Waals surface area contributed by atoms with E-state index in [9.17, 15) is 23.2 Å². The molecule has 0 amide bonds. The van der Waals surface area contributed by atoms with Gasteiger partial charge in [-0.05, 0) is 19.3 Å². The van der Waals surface area contributed by atoms with Crippen molar-refractivity contribution >= 4 is 17.9 Å². The molecule has 1 aliphatic carbocycles. The van der Waals surface area contributed by atoms with Gasteiger partial charge in [-0.3, -0.25) is 9.59 Å². The molecule has 0 bridgehead atoms. The molecule has 1 atom stereocenters. The zero-order valence-corrected chi connectivity index (χ0v) is 14.0. The quantitative estimate of drug-likeness (QED) is 0.380. The number of hydrogen-bond acceptors (Lipinski definition) is 6. The van der Waals surface area contributed by atoms with Crippen LogP contribution in [0.5, 0.6) is 0 Å². The Hall–Kier alpha value is -1.73. The fourth-order valence-corrected chi connectivity index (χ4v) is 2.26. The maximum Gasteiger partial charge on any atom is 0.504 e. The minimum absolute atomic E-state index is 0.321. The number of halogens is 2. The smallest absolute Gasteiger partial charge is 0.462 e. The van der Waals surface area contributed by atoms with Gasteiger partial charge in [-0.2, -0.15) is 8.78 Å². The molecule has 1 fully saturated rings. The van der Waals surface area contributed by atoms with Crippen LogP contribution in [0.4, 0.5) is 8.78 Å². The van der Waals surface area contributed by atoms with E-state index in [-0.39, 0.29) is 12.5 Å². The minimum atomic E-state index is -4.34. The van der Waals surface area contributed by atoms with Crippen LogP contribution < -0.4 is 0 Å². The highest BCUT2D eigenvalue weighted by Gasteiger charge is 2.47. The lowest BCUT2D eigenvalue weighted by atomic mass is 9.89. The number of alkyl halides is 2. The molecule has 0 saturated heterocycles. The Morgan fingerprint density at radius 3 is 2.25 bits per heavy atom. The average molecular weight is 350 g/mol. The highest BCUT2D eigenvalue weighted by molar-refractivity contribution is 5.81. The molecule has 1 unspecified atom stereocenters. The lowest BCUT2D eigenvalue weighted by Crippen LogP contribution is -2.39. The third kappa shape index (κ3) is 6.41. The second-order valence-corrected chi connectivity index (χ2v) is 5.89. The summed E-state index contributed by atoms with van der Waals surface area (Å²) >= 11 is 0. The van der Waals surface area contributed by atoms with Gasteiger partial charge in [0.25, 0.3) is 0 Å². The fraction of sp³-hybridized carbons (Fsp3) is 0.812. The number of carbonyl (C=O) groups is 3. The molecule has 8 heteroatoms. The van der Waals surface area contributed by atoms with E-state index >= 15 is 0 Å². The predicted octanol–water partition coefficient (Wildman–Crippen LogP) is 2.84. The summed E-state index contributed by atoms with van der Waals surface area (Å²) in [7, 11) is 0. The maximum atomic E-state index is 13.6. The summed E-state index contributed by atoms with van der Waals surface area (Å²) in [6, 6.07) is 0. The Labute approximate surface area is 139 Å². The van der Waals surface area contributed by atoms with Crippen molar-refractivity contribution < 1.29 is 37.4 Å². The third-order valence-corrected chi connectivity index (χ3v) is 3.98. The Balaban J connectivity index is 2.33. The van der Waals surface area contributed by atoms with Crippen molar-refractivity contribution in [3.05, 3.63) is 0 Å². The molecule has 0 aromatic heterocycles. The highest BCUT2D eigenvalue weighted by Crippen LogP contribution is 2.28. The molecule has 0 N–H and O–H groups in total. The topological polar surface area (TPSA) is 78.9 Å². The molecule has 0 spiro atoms. The van der Waals surface area contributed by atoms with Gasteiger partial charge in [0.05, 0.1) is 11.8 Å². The second kappa shape index (κ2) is 9.54. The van der Waals surface area contributed by atoms with E-state index in [0.29, 0.717) is 19.3 Å². The summed E-state index contributed by atoms with van der Waals surface area (Å²) in [6.07, 6.45) is -0.291. The van der Waals surface area contributed by atoms with Crippen LogP contribution >= 0.6 is 0 Å². The molecule has 138 valence electrons. The molecule has 1 aliphatic rings. The van der Waals surface area contributed by atoms with Crippen molar-refractivity contribution in [3.63, 3.8) is 0 Å². The zero-order chi connectivity index (χ0) is 18.2. The van der Waals surface area contributed by atoms with E-state index in [4.69, 9.17) is 4.74 Å². The Morgan fingerprint density at radius 1 is 1.08 bits per heavy atom. The molecule has 0 radical (unpaired) electrons. The highest BCUT2D eigenvalue weighted by atomic mass is 19.3. The van der Waals surface area contributed by atoms with Gasteiger partial charge in [0.15, 0.2) is 0 Å². The standard InChI is InChI=1S/C16H24F2O6/c1-3-11(2)13(19)22-9-10-23-15(21)16(17,18)24-14(20)12-7-5-4-6-8-12/h11-12H,3-10H2,1-2H3. The molecule has 24 heavy (non-hydrogen) atoms. The SMILES string of the molecule is CCC(C)C(=O)OCCOC(=O)C(F)(F)OC(=O)C1CCCCC1. The van der Waals surface area contributed by atoms with Gasteiger partial charge in [0, 0.05) is 0 Å². The first kappa shape index (κ1) is 20.3. The zero-order valence-electron chi connectivity index (χ0n) is 14.0. The van der Waals surface area contributed by atoms with Crippen molar-refractivity contribution in [2.24, 2.45) is 11.8 Å². The van der Waals surface area contributed by atoms with Crippen LogP contribution in [0.2, 0.25) is 0 Å². The number of rotatable bonds is 8. The van der Waals surface area contributed by atoms with Crippen LogP contribution in [0.3, 0.4) is 0 Å². The fourth-order valence-electron chi connectivity index (χ4n) is 2.26. The molecule has 6 nitrogen and oxygen atoms in total. The van der Waals surface area contributed by atoms with E-state index < -0.39 is 36.5 Å². The van der Waals surface area contributed by atoms with Gasteiger partial charge in [-0.25, -0.2) is 4.79 Å². The van der Waals surface area contributed by atoms with Crippen molar-refractivity contribution in [2.45, 2.75) is 58.5 Å². The van der Waals surface area contributed by atoms with Crippen molar-refractivity contribution in [3.8, 4) is 0 Å². The number of ether oxygens (including phenoxy) is 3. The number of hydrogen-bond donors (Lipinski definition) is 0. The summed E-state index contributed by atoms with van der Waals surface area (Å²) in [5, 5.41) is 0. The molecule has 0 aliphatic heterocycles. The van der Waals surface area contributed by atoms with Gasteiger partial charge < -0.3 is 14.2 Å². The van der Waals surface area contributed by atoms with Gasteiger partial charge >= 0.3 is 24.0 Å². The van der Waals surface area contributed by atoms with Crippen LogP contribution in [-0.2, 0) is 28.6 Å². The molecular formula is C16H24F2O6. The van der Waals surface area contributed by atoms with Gasteiger partial charge in [0.1, 0.15) is 13.2 Å². The van der Waals surface area contributed by atoms with Crippen molar-refractivity contribution in [1.82, 2.24) is 0 Å². The Kier molecular flexibility index (Phi) is 8.07. The first-order valence-electron chi connectivity index (χ1n) is 8.22. The van der Waals surface area contributed by atoms with Crippen LogP contribution in [0.25, 0.3) is 0 Å². The molecule has 0 heterocycles. The summed E-state index contributed by atoms with van der Waals surface area (Å²) in [4.78, 5) is 34.3. The normalized spacial score (nSPS) is 17.0. The van der Waals surface area contributed by atoms with E-state index in [1.54, 1.807) is 13.8 Å². The second-order valence-electron chi connectivity index (χ2n) is 5.89. The third-order valence-electron chi connectivity index (χ3n) is 3.98. The summed E-state index contributed by atoms with van der Waals surface area (Å²) in [5.41, 5.74) is 0. The largest absolute Gasteiger partial charge is 0.504 e. The van der Waals surface area contributed by atoms with Crippen LogP contribution in [0, 0.1) is 11.8 Å². The van der Waals surface area contributed by atoms with E-state index in [2.05, 4.69) is 9.47 Å². The lowest BCUT2D eigenvalue weighted by Gasteiger charge is -2.22. The van der Waals surface area contributed by atoms with Gasteiger partial charge in [-0.15, -0.1) is 0 Å². The first-order valence-corrected chi connectivity index (χ1v) is 8.22. The number of esters is 3. The molecule has 0 aromatic rings. The summed E-state index contributed by atoms with van der Waals surface area (Å²) in [5.74, 6) is -4.47. The van der Waals surface area contributed by atoms with Crippen LogP contribution in [0.15, 0.2) is 0 Å². The summed E-state index contributed by atoms with van der Waals surface area (Å²) in [6.45, 7) is 2.60. The van der Waals surface area contributed by atoms with Crippen LogP contribution in [-0.4, -0.2) is 37.2 Å². The summed E-state index contributed by atoms with van der Waals surface area (Å²) < 4.78 is 40.2. The van der Waals surface area contributed by atoms with E-state index in [0.717, 1.165) is 19.3 Å². The predicted molar refractivity (Wildman–Crippen MR) is 79.0 cm³/mol. The van der Waals surface area contributed by atoms with Crippen LogP contribution in [0.1, 0.15) is 52.4 Å². The molecule has 1 saturated carbocycles. The Bertz CT molecular complexity index is 446.